The smallest absolute Gasteiger partial charge is 0.0404 e. The largest absolute Gasteiger partial charge is 0.139 e. The molecule has 2 aromatic rings. The van der Waals surface area contributed by atoms with Gasteiger partial charge in [-0.3, -0.25) is 0 Å². The fourth-order valence-corrected chi connectivity index (χ4v) is 3.53. The van der Waals surface area contributed by atoms with Crippen LogP contribution in [0.5, 0.6) is 0 Å². The predicted molar refractivity (Wildman–Crippen MR) is 69.9 cm³/mol. The first kappa shape index (κ1) is 10.1. The maximum Gasteiger partial charge on any atom is 0.0404 e. The van der Waals surface area contributed by atoms with Crippen molar-refractivity contribution in [1.82, 2.24) is 0 Å². The van der Waals surface area contributed by atoms with E-state index in [1.54, 1.807) is 0 Å². The molecule has 0 nitrogen and oxygen atoms in total. The molecule has 2 rings (SSSR count). The van der Waals surface area contributed by atoms with E-state index in [0.717, 1.165) is 14.3 Å². The van der Waals surface area contributed by atoms with Crippen LogP contribution in [0.3, 0.4) is 0 Å². The molecule has 0 aliphatic carbocycles. The molecule has 0 aliphatic rings. The molecule has 0 fully saturated rings. The second-order valence-electron chi connectivity index (χ2n) is 2.62. The van der Waals surface area contributed by atoms with E-state index in [1.807, 2.05) is 11.3 Å². The predicted octanol–water partition coefficient (Wildman–Crippen LogP) is 5.32. The second kappa shape index (κ2) is 4.01. The highest BCUT2D eigenvalue weighted by atomic mass is 79.9. The van der Waals surface area contributed by atoms with Crippen molar-refractivity contribution in [2.75, 3.05) is 0 Å². The van der Waals surface area contributed by atoms with Gasteiger partial charge in [-0.2, -0.15) is 0 Å². The van der Waals surface area contributed by atoms with E-state index < -0.39 is 0 Å². The lowest BCUT2D eigenvalue weighted by atomic mass is 10.2. The molecule has 0 N–H and O–H groups in total. The molecule has 0 bridgehead atoms. The monoisotopic (exact) mass is 382 g/mol. The van der Waals surface area contributed by atoms with E-state index >= 15 is 0 Å². The molecule has 0 spiro atoms. The average Bonchev–Trinajstić information content (AvgIpc) is 2.55. The highest BCUT2D eigenvalue weighted by Gasteiger charge is 2.06. The van der Waals surface area contributed by atoms with Crippen LogP contribution in [0.1, 0.15) is 4.88 Å². The number of alkyl halides is 1. The number of benzene rings is 1. The Labute approximate surface area is 106 Å². The minimum absolute atomic E-state index is 0.927. The summed E-state index contributed by atoms with van der Waals surface area (Å²) in [6, 6.07) is 6.42. The summed E-state index contributed by atoms with van der Waals surface area (Å²) in [4.78, 5) is 1.36. The van der Waals surface area contributed by atoms with E-state index in [4.69, 9.17) is 0 Å². The number of thiophene rings is 1. The molecule has 0 unspecified atom stereocenters. The maximum absolute atomic E-state index is 3.57. The Hall–Kier alpha value is 0.620. The highest BCUT2D eigenvalue weighted by Crippen LogP contribution is 2.36. The van der Waals surface area contributed by atoms with Gasteiger partial charge in [0.25, 0.3) is 0 Å². The van der Waals surface area contributed by atoms with Crippen LogP contribution in [0.4, 0.5) is 0 Å². The summed E-state index contributed by atoms with van der Waals surface area (Å²) in [6.45, 7) is 0. The number of hydrogen-bond acceptors (Lipinski definition) is 1. The third-order valence-electron chi connectivity index (χ3n) is 1.77. The Morgan fingerprint density at radius 3 is 2.69 bits per heavy atom. The molecule has 0 atom stereocenters. The normalized spacial score (nSPS) is 11.0. The van der Waals surface area contributed by atoms with Crippen molar-refractivity contribution in [3.05, 3.63) is 32.0 Å². The number of fused-ring (bicyclic) bond motifs is 1. The molecule has 0 amide bonds. The van der Waals surface area contributed by atoms with Gasteiger partial charge >= 0.3 is 0 Å². The molecule has 1 heterocycles. The van der Waals surface area contributed by atoms with Crippen LogP contribution in [-0.2, 0) is 5.33 Å². The first-order chi connectivity index (χ1) is 6.22. The van der Waals surface area contributed by atoms with E-state index in [1.165, 1.54) is 15.0 Å². The second-order valence-corrected chi connectivity index (χ2v) is 6.00. The Morgan fingerprint density at radius 2 is 2.00 bits per heavy atom. The SMILES string of the molecule is BrCc1cc2c(Br)c(Br)ccc2s1. The fraction of sp³-hybridized carbons (Fsp3) is 0.111. The lowest BCUT2D eigenvalue weighted by molar-refractivity contribution is 1.59. The standard InChI is InChI=1S/C9H5Br3S/c10-4-5-3-6-8(13-5)2-1-7(11)9(6)12/h1-3H,4H2. The summed E-state index contributed by atoms with van der Waals surface area (Å²) >= 11 is 12.3. The van der Waals surface area contributed by atoms with Gasteiger partial charge in [0.2, 0.25) is 0 Å². The molecule has 4 heteroatoms. The van der Waals surface area contributed by atoms with Crippen molar-refractivity contribution in [3.63, 3.8) is 0 Å². The molecule has 68 valence electrons. The van der Waals surface area contributed by atoms with Crippen LogP contribution in [0.25, 0.3) is 10.1 Å². The summed E-state index contributed by atoms with van der Waals surface area (Å²) in [5.41, 5.74) is 0. The molecular formula is C9H5Br3S. The molecule has 0 aliphatic heterocycles. The first-order valence-electron chi connectivity index (χ1n) is 3.65. The third kappa shape index (κ3) is 1.87. The van der Waals surface area contributed by atoms with Gasteiger partial charge in [0.05, 0.1) is 0 Å². The van der Waals surface area contributed by atoms with Crippen molar-refractivity contribution in [3.8, 4) is 0 Å². The van der Waals surface area contributed by atoms with Crippen molar-refractivity contribution in [1.29, 1.82) is 0 Å². The van der Waals surface area contributed by atoms with Gasteiger partial charge in [-0.25, -0.2) is 0 Å². The molecule has 0 saturated carbocycles. The molecular weight excluding hydrogens is 380 g/mol. The topological polar surface area (TPSA) is 0 Å². The number of rotatable bonds is 1. The summed E-state index contributed by atoms with van der Waals surface area (Å²) in [5.74, 6) is 0. The first-order valence-corrected chi connectivity index (χ1v) is 7.17. The van der Waals surface area contributed by atoms with Gasteiger partial charge in [0.1, 0.15) is 0 Å². The van der Waals surface area contributed by atoms with E-state index in [-0.39, 0.29) is 0 Å². The molecule has 1 aromatic carbocycles. The third-order valence-corrected chi connectivity index (χ3v) is 5.89. The fourth-order valence-electron chi connectivity index (χ4n) is 1.17. The summed E-state index contributed by atoms with van der Waals surface area (Å²) in [5, 5.41) is 2.21. The van der Waals surface area contributed by atoms with Crippen molar-refractivity contribution < 1.29 is 0 Å². The lowest BCUT2D eigenvalue weighted by Gasteiger charge is -1.95. The van der Waals surface area contributed by atoms with E-state index in [2.05, 4.69) is 66.0 Å². The maximum atomic E-state index is 3.57. The number of halogens is 3. The van der Waals surface area contributed by atoms with Crippen LogP contribution in [0.2, 0.25) is 0 Å². The van der Waals surface area contributed by atoms with E-state index in [9.17, 15) is 0 Å². The van der Waals surface area contributed by atoms with Crippen LogP contribution < -0.4 is 0 Å². The Kier molecular flexibility index (Phi) is 3.13. The van der Waals surface area contributed by atoms with Gasteiger partial charge in [-0.05, 0) is 50.1 Å². The molecule has 1 aromatic heterocycles. The van der Waals surface area contributed by atoms with Gasteiger partial charge in [0, 0.05) is 29.2 Å². The van der Waals surface area contributed by atoms with Gasteiger partial charge < -0.3 is 0 Å². The Balaban J connectivity index is 2.76. The van der Waals surface area contributed by atoms with Crippen molar-refractivity contribution in [2.45, 2.75) is 5.33 Å². The summed E-state index contributed by atoms with van der Waals surface area (Å²) < 4.78 is 3.58. The quantitative estimate of drug-likeness (QED) is 0.583. The average molecular weight is 385 g/mol. The summed E-state index contributed by atoms with van der Waals surface area (Å²) in [6.07, 6.45) is 0. The van der Waals surface area contributed by atoms with Gasteiger partial charge in [0.15, 0.2) is 0 Å². The Morgan fingerprint density at radius 1 is 1.23 bits per heavy atom. The van der Waals surface area contributed by atoms with Crippen LogP contribution in [0.15, 0.2) is 27.1 Å². The molecule has 0 radical (unpaired) electrons. The molecule has 0 saturated heterocycles. The number of hydrogen-bond donors (Lipinski definition) is 0. The van der Waals surface area contributed by atoms with E-state index in [0.29, 0.717) is 0 Å². The lowest BCUT2D eigenvalue weighted by Crippen LogP contribution is -1.69. The zero-order valence-electron chi connectivity index (χ0n) is 6.48. The molecule has 13 heavy (non-hydrogen) atoms. The van der Waals surface area contributed by atoms with Crippen LogP contribution >= 0.6 is 59.1 Å². The zero-order valence-corrected chi connectivity index (χ0v) is 12.1. The van der Waals surface area contributed by atoms with Crippen molar-refractivity contribution in [2.24, 2.45) is 0 Å². The zero-order chi connectivity index (χ0) is 9.42. The van der Waals surface area contributed by atoms with Gasteiger partial charge in [-0.1, -0.05) is 15.9 Å². The van der Waals surface area contributed by atoms with Crippen LogP contribution in [-0.4, -0.2) is 0 Å². The highest BCUT2D eigenvalue weighted by molar-refractivity contribution is 9.13. The van der Waals surface area contributed by atoms with Crippen molar-refractivity contribution >= 4 is 69.2 Å². The van der Waals surface area contributed by atoms with Crippen LogP contribution in [0, 0.1) is 0 Å². The van der Waals surface area contributed by atoms with Gasteiger partial charge in [-0.15, -0.1) is 11.3 Å². The minimum atomic E-state index is 0.927. The Bertz CT molecular complexity index is 447. The summed E-state index contributed by atoms with van der Waals surface area (Å²) in [7, 11) is 0. The minimum Gasteiger partial charge on any atom is -0.139 e.